The number of halogens is 2. The zero-order chi connectivity index (χ0) is 10.1. The van der Waals surface area contributed by atoms with Crippen molar-refractivity contribution in [3.8, 4) is 0 Å². The fraction of sp³-hybridized carbons (Fsp3) is 0.900. The van der Waals surface area contributed by atoms with Crippen LogP contribution in [0.1, 0.15) is 39.5 Å². The largest absolute Gasteiger partial charge is 0.299 e. The number of carbonyl (C=O) groups excluding carboxylic acids is 1. The summed E-state index contributed by atoms with van der Waals surface area (Å²) in [5.74, 6) is -2.50. The lowest BCUT2D eigenvalue weighted by Crippen LogP contribution is -2.14. The molecule has 0 bridgehead atoms. The van der Waals surface area contributed by atoms with Gasteiger partial charge in [0.15, 0.2) is 0 Å². The minimum absolute atomic E-state index is 0.0192. The van der Waals surface area contributed by atoms with Crippen LogP contribution >= 0.6 is 0 Å². The van der Waals surface area contributed by atoms with Crippen LogP contribution < -0.4 is 0 Å². The number of hydrogen-bond acceptors (Lipinski definition) is 1. The van der Waals surface area contributed by atoms with Gasteiger partial charge in [0.25, 0.3) is 0 Å². The molecule has 3 heteroatoms. The van der Waals surface area contributed by atoms with Gasteiger partial charge in [-0.1, -0.05) is 13.8 Å². The van der Waals surface area contributed by atoms with Gasteiger partial charge in [-0.2, -0.15) is 0 Å². The number of carbonyl (C=O) groups is 1. The Balaban J connectivity index is 2.37. The second-order valence-corrected chi connectivity index (χ2v) is 4.29. The van der Waals surface area contributed by atoms with E-state index in [0.29, 0.717) is 12.8 Å². The molecule has 1 rings (SSSR count). The number of Topliss-reactive ketones (excluding diaryl/α,β-unsaturated/α-hetero) is 1. The van der Waals surface area contributed by atoms with Crippen molar-refractivity contribution in [2.45, 2.75) is 45.5 Å². The molecule has 0 spiro atoms. The van der Waals surface area contributed by atoms with Crippen LogP contribution in [0.15, 0.2) is 0 Å². The van der Waals surface area contributed by atoms with E-state index in [4.69, 9.17) is 0 Å². The van der Waals surface area contributed by atoms with Crippen molar-refractivity contribution in [2.75, 3.05) is 0 Å². The Labute approximate surface area is 77.5 Å². The molecule has 1 nitrogen and oxygen atoms in total. The SMILES string of the molecule is CC(C)C(=O)CC1CCC(F)(F)C1. The summed E-state index contributed by atoms with van der Waals surface area (Å²) in [5.41, 5.74) is 0. The molecule has 13 heavy (non-hydrogen) atoms. The standard InChI is InChI=1S/C10H16F2O/c1-7(2)9(13)5-8-3-4-10(11,12)6-8/h7-8H,3-6H2,1-2H3. The summed E-state index contributed by atoms with van der Waals surface area (Å²) < 4.78 is 25.5. The number of alkyl halides is 2. The van der Waals surface area contributed by atoms with E-state index in [1.165, 1.54) is 0 Å². The molecule has 0 saturated heterocycles. The minimum Gasteiger partial charge on any atom is -0.299 e. The van der Waals surface area contributed by atoms with Crippen molar-refractivity contribution in [1.82, 2.24) is 0 Å². The predicted molar refractivity (Wildman–Crippen MR) is 46.8 cm³/mol. The number of rotatable bonds is 3. The zero-order valence-corrected chi connectivity index (χ0v) is 8.15. The van der Waals surface area contributed by atoms with Gasteiger partial charge in [0.2, 0.25) is 5.92 Å². The lowest BCUT2D eigenvalue weighted by molar-refractivity contribution is -0.122. The smallest absolute Gasteiger partial charge is 0.248 e. The molecule has 1 fully saturated rings. The third-order valence-corrected chi connectivity index (χ3v) is 2.64. The Morgan fingerprint density at radius 2 is 2.15 bits per heavy atom. The molecule has 76 valence electrons. The summed E-state index contributed by atoms with van der Waals surface area (Å²) in [6.45, 7) is 3.63. The first-order chi connectivity index (χ1) is 5.91. The van der Waals surface area contributed by atoms with E-state index in [0.717, 1.165) is 0 Å². The first-order valence-corrected chi connectivity index (χ1v) is 4.81. The summed E-state index contributed by atoms with van der Waals surface area (Å²) in [4.78, 5) is 11.3. The van der Waals surface area contributed by atoms with E-state index in [-0.39, 0.29) is 30.5 Å². The minimum atomic E-state index is -2.51. The third kappa shape index (κ3) is 3.05. The zero-order valence-electron chi connectivity index (χ0n) is 8.15. The fourth-order valence-corrected chi connectivity index (χ4v) is 1.74. The quantitative estimate of drug-likeness (QED) is 0.668. The lowest BCUT2D eigenvalue weighted by atomic mass is 9.95. The van der Waals surface area contributed by atoms with Gasteiger partial charge in [-0.15, -0.1) is 0 Å². The highest BCUT2D eigenvalue weighted by molar-refractivity contribution is 5.80. The Kier molecular flexibility index (Phi) is 3.04. The molecule has 0 aliphatic heterocycles. The molecule has 0 aromatic carbocycles. The van der Waals surface area contributed by atoms with Gasteiger partial charge >= 0.3 is 0 Å². The van der Waals surface area contributed by atoms with Crippen LogP contribution in [0, 0.1) is 11.8 Å². The highest BCUT2D eigenvalue weighted by Gasteiger charge is 2.39. The van der Waals surface area contributed by atoms with E-state index in [1.54, 1.807) is 0 Å². The monoisotopic (exact) mass is 190 g/mol. The first kappa shape index (κ1) is 10.6. The average Bonchev–Trinajstić information content (AvgIpc) is 2.30. The van der Waals surface area contributed by atoms with Gasteiger partial charge in [-0.25, -0.2) is 8.78 Å². The molecule has 0 aromatic heterocycles. The van der Waals surface area contributed by atoms with Crippen LogP contribution in [0.3, 0.4) is 0 Å². The highest BCUT2D eigenvalue weighted by atomic mass is 19.3. The van der Waals surface area contributed by atoms with Gasteiger partial charge in [0.1, 0.15) is 5.78 Å². The Bertz CT molecular complexity index is 199. The van der Waals surface area contributed by atoms with Gasteiger partial charge in [-0.05, 0) is 12.3 Å². The maximum Gasteiger partial charge on any atom is 0.248 e. The molecular weight excluding hydrogens is 174 g/mol. The van der Waals surface area contributed by atoms with Crippen LogP contribution in [0.2, 0.25) is 0 Å². The van der Waals surface area contributed by atoms with Gasteiger partial charge < -0.3 is 0 Å². The molecule has 0 N–H and O–H groups in total. The van der Waals surface area contributed by atoms with Gasteiger partial charge in [-0.3, -0.25) is 4.79 Å². The molecule has 1 atom stereocenters. The van der Waals surface area contributed by atoms with Crippen molar-refractivity contribution >= 4 is 5.78 Å². The molecule has 0 amide bonds. The topological polar surface area (TPSA) is 17.1 Å². The molecule has 1 saturated carbocycles. The van der Waals surface area contributed by atoms with Crippen molar-refractivity contribution in [1.29, 1.82) is 0 Å². The molecule has 0 heterocycles. The van der Waals surface area contributed by atoms with E-state index < -0.39 is 5.92 Å². The van der Waals surface area contributed by atoms with Gasteiger partial charge in [0, 0.05) is 25.2 Å². The summed E-state index contributed by atoms with van der Waals surface area (Å²) in [7, 11) is 0. The van der Waals surface area contributed by atoms with Crippen LogP contribution in [-0.4, -0.2) is 11.7 Å². The summed E-state index contributed by atoms with van der Waals surface area (Å²) >= 11 is 0. The third-order valence-electron chi connectivity index (χ3n) is 2.64. The molecule has 0 radical (unpaired) electrons. The molecular formula is C10H16F2O. The maximum atomic E-state index is 12.7. The van der Waals surface area contributed by atoms with E-state index in [9.17, 15) is 13.6 Å². The average molecular weight is 190 g/mol. The highest BCUT2D eigenvalue weighted by Crippen LogP contribution is 2.40. The fourth-order valence-electron chi connectivity index (χ4n) is 1.74. The number of ketones is 1. The summed E-state index contributed by atoms with van der Waals surface area (Å²) in [6.07, 6.45) is 0.715. The molecule has 1 aliphatic carbocycles. The lowest BCUT2D eigenvalue weighted by Gasteiger charge is -2.10. The van der Waals surface area contributed by atoms with Crippen LogP contribution in [0.5, 0.6) is 0 Å². The Hall–Kier alpha value is -0.470. The second kappa shape index (κ2) is 3.72. The van der Waals surface area contributed by atoms with Crippen LogP contribution in [-0.2, 0) is 4.79 Å². The van der Waals surface area contributed by atoms with Crippen LogP contribution in [0.4, 0.5) is 8.78 Å². The van der Waals surface area contributed by atoms with E-state index in [1.807, 2.05) is 13.8 Å². The van der Waals surface area contributed by atoms with Crippen molar-refractivity contribution in [2.24, 2.45) is 11.8 Å². The number of hydrogen-bond donors (Lipinski definition) is 0. The molecule has 0 aromatic rings. The van der Waals surface area contributed by atoms with Crippen molar-refractivity contribution < 1.29 is 13.6 Å². The Morgan fingerprint density at radius 3 is 2.54 bits per heavy atom. The van der Waals surface area contributed by atoms with E-state index >= 15 is 0 Å². The summed E-state index contributed by atoms with van der Waals surface area (Å²) in [5, 5.41) is 0. The summed E-state index contributed by atoms with van der Waals surface area (Å²) in [6, 6.07) is 0. The normalized spacial score (nSPS) is 26.7. The van der Waals surface area contributed by atoms with E-state index in [2.05, 4.69) is 0 Å². The van der Waals surface area contributed by atoms with Crippen molar-refractivity contribution in [3.63, 3.8) is 0 Å². The predicted octanol–water partition coefficient (Wildman–Crippen LogP) is 3.04. The Morgan fingerprint density at radius 1 is 1.54 bits per heavy atom. The molecule has 1 unspecified atom stereocenters. The van der Waals surface area contributed by atoms with Gasteiger partial charge in [0.05, 0.1) is 0 Å². The van der Waals surface area contributed by atoms with Crippen molar-refractivity contribution in [3.05, 3.63) is 0 Å². The van der Waals surface area contributed by atoms with Crippen LogP contribution in [0.25, 0.3) is 0 Å². The maximum absolute atomic E-state index is 12.7. The first-order valence-electron chi connectivity index (χ1n) is 4.81. The second-order valence-electron chi connectivity index (χ2n) is 4.29. The molecule has 1 aliphatic rings.